The molecule has 0 spiro atoms. The zero-order valence-electron chi connectivity index (χ0n) is 24.8. The molecule has 4 aromatic rings. The van der Waals surface area contributed by atoms with Gasteiger partial charge in [-0.15, -0.1) is 11.3 Å². The van der Waals surface area contributed by atoms with E-state index in [0.717, 1.165) is 42.3 Å². The number of benzene rings is 2. The SMILES string of the molecule is CC(=O)OCCN(CCOC(C)=O)c1ccc(-c2nc3cc(C(CC(N)=O)NCc4ccc(Br)s4)ccc3n2CCN)cc1. The molecule has 11 nitrogen and oxygen atoms in total. The molecule has 0 radical (unpaired) electrons. The van der Waals surface area contributed by atoms with Crippen molar-refractivity contribution in [3.05, 3.63) is 68.8 Å². The lowest BCUT2D eigenvalue weighted by Gasteiger charge is -2.24. The maximum Gasteiger partial charge on any atom is 0.302 e. The number of hydrogen-bond donors (Lipinski definition) is 3. The molecular weight excluding hydrogens is 648 g/mol. The van der Waals surface area contributed by atoms with Gasteiger partial charge in [0.2, 0.25) is 5.91 Å². The number of hydrogen-bond acceptors (Lipinski definition) is 10. The lowest BCUT2D eigenvalue weighted by atomic mass is 10.0. The van der Waals surface area contributed by atoms with Gasteiger partial charge in [-0.2, -0.15) is 0 Å². The second-order valence-electron chi connectivity index (χ2n) is 10.1. The van der Waals surface area contributed by atoms with Gasteiger partial charge in [0.15, 0.2) is 0 Å². The Kier molecular flexibility index (Phi) is 11.9. The normalized spacial score (nSPS) is 11.8. The summed E-state index contributed by atoms with van der Waals surface area (Å²) >= 11 is 5.13. The molecular formula is C31H37BrN6O5S. The number of nitrogens with zero attached hydrogens (tertiary/aromatic N) is 3. The first-order valence-corrected chi connectivity index (χ1v) is 15.8. The number of nitrogens with one attached hydrogen (secondary N) is 1. The molecule has 2 aromatic heterocycles. The quantitative estimate of drug-likeness (QED) is 0.148. The lowest BCUT2D eigenvalue weighted by molar-refractivity contribution is -0.141. The molecule has 2 aromatic carbocycles. The Labute approximate surface area is 268 Å². The summed E-state index contributed by atoms with van der Waals surface area (Å²) < 4.78 is 13.4. The molecule has 2 heterocycles. The van der Waals surface area contributed by atoms with Gasteiger partial charge in [0.05, 0.1) is 27.9 Å². The van der Waals surface area contributed by atoms with Gasteiger partial charge in [-0.05, 0) is 70.0 Å². The molecule has 0 aliphatic carbocycles. The number of imidazole rings is 1. The van der Waals surface area contributed by atoms with Crippen molar-refractivity contribution in [2.24, 2.45) is 11.5 Å². The number of amides is 1. The highest BCUT2D eigenvalue weighted by Crippen LogP contribution is 2.30. The minimum Gasteiger partial charge on any atom is -0.464 e. The molecule has 44 heavy (non-hydrogen) atoms. The largest absolute Gasteiger partial charge is 0.464 e. The Morgan fingerprint density at radius 3 is 2.27 bits per heavy atom. The summed E-state index contributed by atoms with van der Waals surface area (Å²) in [6, 6.07) is 17.6. The van der Waals surface area contributed by atoms with Gasteiger partial charge in [-0.25, -0.2) is 4.98 Å². The van der Waals surface area contributed by atoms with E-state index in [1.54, 1.807) is 11.3 Å². The molecule has 0 saturated carbocycles. The Bertz CT molecular complexity index is 1570. The van der Waals surface area contributed by atoms with Gasteiger partial charge < -0.3 is 35.7 Å². The number of halogens is 1. The number of fused-ring (bicyclic) bond motifs is 1. The first-order chi connectivity index (χ1) is 21.1. The molecule has 0 bridgehead atoms. The predicted molar refractivity (Wildman–Crippen MR) is 175 cm³/mol. The van der Waals surface area contributed by atoms with Crippen LogP contribution in [-0.2, 0) is 36.9 Å². The fourth-order valence-corrected chi connectivity index (χ4v) is 6.34. The van der Waals surface area contributed by atoms with Crippen LogP contribution in [0.4, 0.5) is 5.69 Å². The average Bonchev–Trinajstić information content (AvgIpc) is 3.56. The topological polar surface area (TPSA) is 155 Å². The first kappa shape index (κ1) is 33.1. The van der Waals surface area contributed by atoms with E-state index in [2.05, 4.69) is 25.8 Å². The number of aromatic nitrogens is 2. The maximum atomic E-state index is 11.9. The molecule has 1 amide bonds. The fourth-order valence-electron chi connectivity index (χ4n) is 4.91. The van der Waals surface area contributed by atoms with Gasteiger partial charge in [0.1, 0.15) is 19.0 Å². The van der Waals surface area contributed by atoms with Crippen molar-refractivity contribution in [1.82, 2.24) is 14.9 Å². The molecule has 13 heteroatoms. The Morgan fingerprint density at radius 1 is 1.02 bits per heavy atom. The summed E-state index contributed by atoms with van der Waals surface area (Å²) in [7, 11) is 0. The third-order valence-electron chi connectivity index (χ3n) is 6.91. The van der Waals surface area contributed by atoms with Gasteiger partial charge in [-0.3, -0.25) is 14.4 Å². The van der Waals surface area contributed by atoms with Crippen molar-refractivity contribution in [2.45, 2.75) is 39.4 Å². The van der Waals surface area contributed by atoms with E-state index in [4.69, 9.17) is 25.9 Å². The summed E-state index contributed by atoms with van der Waals surface area (Å²) in [5.74, 6) is -0.327. The van der Waals surface area contributed by atoms with E-state index >= 15 is 0 Å². The summed E-state index contributed by atoms with van der Waals surface area (Å²) in [6.07, 6.45) is 0.154. The highest BCUT2D eigenvalue weighted by atomic mass is 79.9. The number of carbonyl (C=O) groups is 3. The number of nitrogens with two attached hydrogens (primary N) is 2. The zero-order chi connectivity index (χ0) is 31.6. The first-order valence-electron chi connectivity index (χ1n) is 14.2. The van der Waals surface area contributed by atoms with Crippen LogP contribution in [0.2, 0.25) is 0 Å². The maximum absolute atomic E-state index is 11.9. The van der Waals surface area contributed by atoms with Crippen LogP contribution in [-0.4, -0.2) is 60.2 Å². The van der Waals surface area contributed by atoms with Gasteiger partial charge in [0.25, 0.3) is 0 Å². The summed E-state index contributed by atoms with van der Waals surface area (Å²) in [6.45, 7) is 5.65. The number of rotatable bonds is 16. The van der Waals surface area contributed by atoms with Crippen LogP contribution in [0, 0.1) is 0 Å². The predicted octanol–water partition coefficient (Wildman–Crippen LogP) is 4.12. The van der Waals surface area contributed by atoms with E-state index in [1.807, 2.05) is 59.5 Å². The number of carbonyl (C=O) groups excluding carboxylic acids is 3. The van der Waals surface area contributed by atoms with Gasteiger partial charge >= 0.3 is 11.9 Å². The van der Waals surface area contributed by atoms with E-state index < -0.39 is 0 Å². The highest BCUT2D eigenvalue weighted by Gasteiger charge is 2.19. The number of primary amides is 1. The van der Waals surface area contributed by atoms with Crippen LogP contribution < -0.4 is 21.7 Å². The van der Waals surface area contributed by atoms with E-state index in [9.17, 15) is 14.4 Å². The lowest BCUT2D eigenvalue weighted by Crippen LogP contribution is -2.31. The molecule has 0 aliphatic heterocycles. The third kappa shape index (κ3) is 9.11. The zero-order valence-corrected chi connectivity index (χ0v) is 27.2. The highest BCUT2D eigenvalue weighted by molar-refractivity contribution is 9.11. The molecule has 1 atom stereocenters. The van der Waals surface area contributed by atoms with E-state index in [1.165, 1.54) is 13.8 Å². The molecule has 234 valence electrons. The van der Waals surface area contributed by atoms with Crippen LogP contribution >= 0.6 is 27.3 Å². The van der Waals surface area contributed by atoms with E-state index in [0.29, 0.717) is 32.7 Å². The molecule has 0 fully saturated rings. The van der Waals surface area contributed by atoms with Gasteiger partial charge in [-0.1, -0.05) is 6.07 Å². The van der Waals surface area contributed by atoms with Crippen LogP contribution in [0.5, 0.6) is 0 Å². The van der Waals surface area contributed by atoms with Crippen LogP contribution in [0.25, 0.3) is 22.4 Å². The number of thiophene rings is 1. The molecule has 0 aliphatic rings. The van der Waals surface area contributed by atoms with E-state index in [-0.39, 0.29) is 43.5 Å². The number of esters is 2. The monoisotopic (exact) mass is 684 g/mol. The van der Waals surface area contributed by atoms with Crippen LogP contribution in [0.1, 0.15) is 36.8 Å². The van der Waals surface area contributed by atoms with Crippen LogP contribution in [0.3, 0.4) is 0 Å². The third-order valence-corrected chi connectivity index (χ3v) is 8.53. The fraction of sp³-hybridized carbons (Fsp3) is 0.355. The molecule has 5 N–H and O–H groups in total. The smallest absolute Gasteiger partial charge is 0.302 e. The minimum absolute atomic E-state index is 0.154. The van der Waals surface area contributed by atoms with Crippen molar-refractivity contribution in [2.75, 3.05) is 37.7 Å². The summed E-state index contributed by atoms with van der Waals surface area (Å²) in [5.41, 5.74) is 16.0. The van der Waals surface area contributed by atoms with Crippen molar-refractivity contribution in [3.63, 3.8) is 0 Å². The minimum atomic E-state index is -0.390. The summed E-state index contributed by atoms with van der Waals surface area (Å²) in [4.78, 5) is 42.6. The van der Waals surface area contributed by atoms with Crippen molar-refractivity contribution >= 4 is 61.8 Å². The second-order valence-corrected chi connectivity index (χ2v) is 12.7. The van der Waals surface area contributed by atoms with Crippen molar-refractivity contribution < 1.29 is 23.9 Å². The number of ether oxygens (including phenoxy) is 2. The number of anilines is 1. The molecule has 0 saturated heterocycles. The average molecular weight is 686 g/mol. The summed E-state index contributed by atoms with van der Waals surface area (Å²) in [5, 5.41) is 3.47. The van der Waals surface area contributed by atoms with Crippen molar-refractivity contribution in [3.8, 4) is 11.4 Å². The van der Waals surface area contributed by atoms with Crippen molar-refractivity contribution in [1.29, 1.82) is 0 Å². The molecule has 1 unspecified atom stereocenters. The Hall–Kier alpha value is -3.78. The van der Waals surface area contributed by atoms with Crippen LogP contribution in [0.15, 0.2) is 58.4 Å². The standard InChI is InChI=1S/C31H37BrN6O5S/c1-20(39)42-15-13-37(14-16-43-21(2)40)24-6-3-22(4-7-24)31-36-27-17-23(5-9-28(27)38(31)12-11-33)26(18-30(34)41)35-19-25-8-10-29(32)44-25/h3-10,17,26,35H,11-16,18-19,33H2,1-2H3,(H2,34,41). The Balaban J connectivity index is 1.60. The Morgan fingerprint density at radius 2 is 1.70 bits per heavy atom. The second kappa shape index (κ2) is 15.8. The molecule has 4 rings (SSSR count). The van der Waals surface area contributed by atoms with Gasteiger partial charge in [0, 0.05) is 62.1 Å².